The van der Waals surface area contributed by atoms with Gasteiger partial charge in [0.15, 0.2) is 11.4 Å². The third-order valence-corrected chi connectivity index (χ3v) is 8.77. The number of aryl methyl sites for hydroxylation is 3. The van der Waals surface area contributed by atoms with Gasteiger partial charge in [-0.2, -0.15) is 4.40 Å². The fraction of sp³-hybridized carbons (Fsp3) is 0.333. The van der Waals surface area contributed by atoms with Crippen LogP contribution in [0.2, 0.25) is 0 Å². The van der Waals surface area contributed by atoms with E-state index in [1.807, 2.05) is 6.20 Å². The molecule has 1 aliphatic heterocycles. The van der Waals surface area contributed by atoms with Gasteiger partial charge in [0.05, 0.1) is 36.6 Å². The third-order valence-electron chi connectivity index (χ3n) is 8.77. The number of imidazole rings is 1. The molecule has 172 valence electrons. The number of aromatic nitrogens is 3. The summed E-state index contributed by atoms with van der Waals surface area (Å²) >= 11 is 0. The second-order valence-corrected chi connectivity index (χ2v) is 10.9. The molecule has 0 amide bonds. The van der Waals surface area contributed by atoms with E-state index in [1.165, 1.54) is 44.6 Å². The van der Waals surface area contributed by atoms with E-state index in [9.17, 15) is 0 Å². The van der Waals surface area contributed by atoms with Crippen molar-refractivity contribution in [2.75, 3.05) is 7.11 Å². The highest BCUT2D eigenvalue weighted by atomic mass is 16.5. The Morgan fingerprint density at radius 1 is 0.912 bits per heavy atom. The molecule has 0 saturated carbocycles. The Hall–Kier alpha value is -3.40. The van der Waals surface area contributed by atoms with Gasteiger partial charge in [-0.3, -0.25) is 4.98 Å². The zero-order valence-electron chi connectivity index (χ0n) is 21.4. The van der Waals surface area contributed by atoms with Gasteiger partial charge < -0.3 is 4.74 Å². The van der Waals surface area contributed by atoms with Gasteiger partial charge in [0, 0.05) is 27.5 Å². The molecule has 2 aromatic carbocycles. The van der Waals surface area contributed by atoms with Crippen molar-refractivity contribution in [1.29, 1.82) is 0 Å². The fourth-order valence-corrected chi connectivity index (χ4v) is 6.24. The maximum absolute atomic E-state index is 5.74. The van der Waals surface area contributed by atoms with Crippen LogP contribution in [-0.4, -0.2) is 16.5 Å². The number of ether oxygens (including phenoxy) is 1. The Labute approximate surface area is 200 Å². The highest BCUT2D eigenvalue weighted by molar-refractivity contribution is 6.13. The Kier molecular flexibility index (Phi) is 4.10. The molecule has 4 heteroatoms. The van der Waals surface area contributed by atoms with Crippen LogP contribution in [0.4, 0.5) is 0 Å². The SMILES string of the molecule is COc1cnc2c3c(C)ccc4c3n3c(c(-c5ccccc5)[n+](C)c3c2c1C)C(C)(C)C4(C)C. The number of nitrogens with zero attached hydrogens (tertiary/aromatic N) is 3. The summed E-state index contributed by atoms with van der Waals surface area (Å²) in [4.78, 5) is 5.00. The largest absolute Gasteiger partial charge is 0.495 e. The van der Waals surface area contributed by atoms with Gasteiger partial charge in [-0.05, 0) is 19.4 Å². The first-order chi connectivity index (χ1) is 16.1. The van der Waals surface area contributed by atoms with E-state index in [0.29, 0.717) is 0 Å². The third kappa shape index (κ3) is 2.29. The summed E-state index contributed by atoms with van der Waals surface area (Å²) in [7, 11) is 3.93. The van der Waals surface area contributed by atoms with Crippen LogP contribution in [0.1, 0.15) is 50.1 Å². The molecule has 0 aliphatic carbocycles. The Bertz CT molecular complexity index is 1660. The average molecular weight is 451 g/mol. The lowest BCUT2D eigenvalue weighted by Crippen LogP contribution is -2.44. The number of methoxy groups -OCH3 is 1. The molecule has 4 nitrogen and oxygen atoms in total. The van der Waals surface area contributed by atoms with Gasteiger partial charge in [-0.15, -0.1) is 0 Å². The van der Waals surface area contributed by atoms with Crippen molar-refractivity contribution in [1.82, 2.24) is 9.38 Å². The molecular weight excluding hydrogens is 418 g/mol. The van der Waals surface area contributed by atoms with E-state index >= 15 is 0 Å². The van der Waals surface area contributed by atoms with E-state index < -0.39 is 0 Å². The minimum absolute atomic E-state index is 0.0774. The topological polar surface area (TPSA) is 30.4 Å². The summed E-state index contributed by atoms with van der Waals surface area (Å²) in [5.74, 6) is 0.822. The van der Waals surface area contributed by atoms with Crippen molar-refractivity contribution >= 4 is 27.5 Å². The fourth-order valence-electron chi connectivity index (χ4n) is 6.24. The summed E-state index contributed by atoms with van der Waals surface area (Å²) in [5, 5.41) is 2.40. The molecule has 0 radical (unpaired) electrons. The molecule has 3 aromatic heterocycles. The maximum atomic E-state index is 5.74. The van der Waals surface area contributed by atoms with Crippen LogP contribution >= 0.6 is 0 Å². The molecule has 4 heterocycles. The normalized spacial score (nSPS) is 16.1. The Morgan fingerprint density at radius 2 is 1.62 bits per heavy atom. The Balaban J connectivity index is 2.04. The van der Waals surface area contributed by atoms with Gasteiger partial charge in [-0.1, -0.05) is 70.2 Å². The number of hydrogen-bond donors (Lipinski definition) is 0. The first kappa shape index (κ1) is 21.2. The summed E-state index contributed by atoms with van der Waals surface area (Å²) in [6.45, 7) is 14.0. The van der Waals surface area contributed by atoms with E-state index in [2.05, 4.69) is 100 Å². The van der Waals surface area contributed by atoms with E-state index in [0.717, 1.165) is 22.2 Å². The summed E-state index contributed by atoms with van der Waals surface area (Å²) in [5.41, 5.74) is 10.9. The number of rotatable bonds is 2. The number of fused-ring (bicyclic) bond motifs is 3. The zero-order valence-corrected chi connectivity index (χ0v) is 21.4. The minimum Gasteiger partial charge on any atom is -0.495 e. The molecule has 1 aliphatic rings. The second kappa shape index (κ2) is 6.59. The monoisotopic (exact) mass is 450 g/mol. The highest BCUT2D eigenvalue weighted by Gasteiger charge is 2.52. The lowest BCUT2D eigenvalue weighted by atomic mass is 9.60. The molecule has 0 fully saturated rings. The van der Waals surface area contributed by atoms with Crippen molar-refractivity contribution in [3.05, 3.63) is 71.0 Å². The predicted molar refractivity (Wildman–Crippen MR) is 139 cm³/mol. The zero-order chi connectivity index (χ0) is 24.2. The number of benzene rings is 2. The van der Waals surface area contributed by atoms with Crippen LogP contribution in [-0.2, 0) is 17.9 Å². The van der Waals surface area contributed by atoms with E-state index in [1.54, 1.807) is 7.11 Å². The van der Waals surface area contributed by atoms with Crippen LogP contribution in [0, 0.1) is 13.8 Å². The second-order valence-electron chi connectivity index (χ2n) is 10.9. The molecule has 6 rings (SSSR count). The minimum atomic E-state index is -0.120. The van der Waals surface area contributed by atoms with Crippen LogP contribution in [0.15, 0.2) is 48.7 Å². The van der Waals surface area contributed by atoms with Crippen LogP contribution < -0.4 is 9.30 Å². The van der Waals surface area contributed by atoms with Gasteiger partial charge in [0.1, 0.15) is 11.3 Å². The standard InChI is InChI=1S/C30H32N3O/c1-17-14-15-20-26-22(17)24-23(18(2)21(34-8)16-31-24)28-32(7)25(19-12-10-9-11-13-19)27(33(26)28)30(5,6)29(20,3)4/h9-16H,1-8H3/q+1. The maximum Gasteiger partial charge on any atom is 0.297 e. The molecule has 0 atom stereocenters. The van der Waals surface area contributed by atoms with Gasteiger partial charge in [0.25, 0.3) is 5.65 Å². The van der Waals surface area contributed by atoms with Crippen molar-refractivity contribution in [2.45, 2.75) is 52.4 Å². The molecule has 34 heavy (non-hydrogen) atoms. The molecule has 0 unspecified atom stereocenters. The number of pyridine rings is 2. The highest BCUT2D eigenvalue weighted by Crippen LogP contribution is 2.53. The molecule has 0 N–H and O–H groups in total. The van der Waals surface area contributed by atoms with Crippen LogP contribution in [0.25, 0.3) is 38.7 Å². The average Bonchev–Trinajstić information content (AvgIpc) is 3.12. The lowest BCUT2D eigenvalue weighted by Gasteiger charge is -2.43. The quantitative estimate of drug-likeness (QED) is 0.232. The Morgan fingerprint density at radius 3 is 2.29 bits per heavy atom. The van der Waals surface area contributed by atoms with Gasteiger partial charge >= 0.3 is 0 Å². The van der Waals surface area contributed by atoms with Crippen molar-refractivity contribution in [3.8, 4) is 17.0 Å². The predicted octanol–water partition coefficient (Wildman–Crippen LogP) is 6.33. The number of hydrogen-bond acceptors (Lipinski definition) is 2. The van der Waals surface area contributed by atoms with Crippen molar-refractivity contribution in [2.24, 2.45) is 7.05 Å². The molecule has 0 bridgehead atoms. The van der Waals surface area contributed by atoms with Crippen molar-refractivity contribution < 1.29 is 9.30 Å². The van der Waals surface area contributed by atoms with E-state index in [4.69, 9.17) is 9.72 Å². The summed E-state index contributed by atoms with van der Waals surface area (Å²) < 4.78 is 10.7. The molecule has 0 spiro atoms. The van der Waals surface area contributed by atoms with Gasteiger partial charge in [0.2, 0.25) is 0 Å². The summed E-state index contributed by atoms with van der Waals surface area (Å²) in [6, 6.07) is 15.4. The lowest BCUT2D eigenvalue weighted by molar-refractivity contribution is -0.632. The van der Waals surface area contributed by atoms with Crippen LogP contribution in [0.5, 0.6) is 5.75 Å². The smallest absolute Gasteiger partial charge is 0.297 e. The first-order valence-electron chi connectivity index (χ1n) is 12.0. The van der Waals surface area contributed by atoms with E-state index in [-0.39, 0.29) is 10.8 Å². The molecular formula is C30H32N3O+. The molecule has 0 saturated heterocycles. The van der Waals surface area contributed by atoms with Gasteiger partial charge in [-0.25, -0.2) is 4.57 Å². The summed E-state index contributed by atoms with van der Waals surface area (Å²) in [6.07, 6.45) is 1.88. The van der Waals surface area contributed by atoms with Crippen LogP contribution in [0.3, 0.4) is 0 Å². The first-order valence-corrected chi connectivity index (χ1v) is 12.0. The van der Waals surface area contributed by atoms with Crippen molar-refractivity contribution in [3.63, 3.8) is 0 Å². The molecule has 5 aromatic rings.